The van der Waals surface area contributed by atoms with E-state index in [1.54, 1.807) is 12.1 Å². The highest BCUT2D eigenvalue weighted by molar-refractivity contribution is 6.31. The summed E-state index contributed by atoms with van der Waals surface area (Å²) in [6, 6.07) is 3.92. The summed E-state index contributed by atoms with van der Waals surface area (Å²) in [6.07, 6.45) is 2.38. The molecule has 2 N–H and O–H groups in total. The Balaban J connectivity index is 1.66. The van der Waals surface area contributed by atoms with Crippen LogP contribution in [0.2, 0.25) is 5.02 Å². The smallest absolute Gasteiger partial charge is 0.237 e. The first-order chi connectivity index (χ1) is 11.5. The molecule has 0 radical (unpaired) electrons. The Labute approximate surface area is 145 Å². The van der Waals surface area contributed by atoms with E-state index in [-0.39, 0.29) is 24.8 Å². The van der Waals surface area contributed by atoms with Crippen LogP contribution in [0.5, 0.6) is 0 Å². The lowest BCUT2D eigenvalue weighted by atomic mass is 10.1. The maximum atomic E-state index is 14.0. The molecule has 7 heteroatoms. The topological polar surface area (TPSA) is 61.4 Å². The molecule has 0 spiro atoms. The molecule has 0 aromatic heterocycles. The average Bonchev–Trinajstić information content (AvgIpc) is 3.36. The van der Waals surface area contributed by atoms with Gasteiger partial charge in [0.15, 0.2) is 0 Å². The Hall–Kier alpha value is -1.66. The largest absolute Gasteiger partial charge is 0.356 e. The van der Waals surface area contributed by atoms with Gasteiger partial charge in [-0.2, -0.15) is 0 Å². The average molecular weight is 354 g/mol. The van der Waals surface area contributed by atoms with Crippen LogP contribution in [0.4, 0.5) is 4.39 Å². The van der Waals surface area contributed by atoms with E-state index in [0.29, 0.717) is 36.1 Å². The summed E-state index contributed by atoms with van der Waals surface area (Å²) in [6.45, 7) is 1.91. The van der Waals surface area contributed by atoms with Crippen LogP contribution in [-0.4, -0.2) is 42.4 Å². The Kier molecular flexibility index (Phi) is 5.36. The molecule has 2 amide bonds. The highest BCUT2D eigenvalue weighted by atomic mass is 35.5. The predicted octanol–water partition coefficient (Wildman–Crippen LogP) is 1.70. The summed E-state index contributed by atoms with van der Waals surface area (Å²) in [5.74, 6) is -0.156. The summed E-state index contributed by atoms with van der Waals surface area (Å²) >= 11 is 6.08. The molecule has 3 rings (SSSR count). The zero-order valence-corrected chi connectivity index (χ0v) is 14.1. The molecule has 5 nitrogen and oxygen atoms in total. The van der Waals surface area contributed by atoms with Crippen molar-refractivity contribution in [2.45, 2.75) is 31.8 Å². The lowest BCUT2D eigenvalue weighted by molar-refractivity contribution is -0.134. The molecule has 1 saturated carbocycles. The predicted molar refractivity (Wildman–Crippen MR) is 89.0 cm³/mol. The van der Waals surface area contributed by atoms with Gasteiger partial charge >= 0.3 is 0 Å². The molecule has 1 saturated heterocycles. The molecule has 1 aromatic rings. The molecule has 1 heterocycles. The summed E-state index contributed by atoms with van der Waals surface area (Å²) < 4.78 is 14.0. The number of nitrogens with zero attached hydrogens (tertiary/aromatic N) is 1. The van der Waals surface area contributed by atoms with Crippen LogP contribution in [0.3, 0.4) is 0 Å². The number of benzene rings is 1. The van der Waals surface area contributed by atoms with E-state index < -0.39 is 11.9 Å². The van der Waals surface area contributed by atoms with Crippen molar-refractivity contribution in [3.8, 4) is 0 Å². The van der Waals surface area contributed by atoms with Gasteiger partial charge < -0.3 is 10.6 Å². The molecule has 2 fully saturated rings. The first kappa shape index (κ1) is 17.2. The SMILES string of the molecule is O=C(C[C@@H]1C(=O)NCCN1Cc1c(F)cccc1Cl)NCC1CC1. The molecule has 0 bridgehead atoms. The van der Waals surface area contributed by atoms with Crippen LogP contribution in [0.25, 0.3) is 0 Å². The van der Waals surface area contributed by atoms with Gasteiger partial charge in [-0.1, -0.05) is 17.7 Å². The number of rotatable bonds is 6. The maximum absolute atomic E-state index is 14.0. The van der Waals surface area contributed by atoms with Crippen LogP contribution in [-0.2, 0) is 16.1 Å². The number of hydrogen-bond acceptors (Lipinski definition) is 3. The number of carbonyl (C=O) groups excluding carboxylic acids is 2. The van der Waals surface area contributed by atoms with Crippen LogP contribution in [0.15, 0.2) is 18.2 Å². The van der Waals surface area contributed by atoms with E-state index in [1.165, 1.54) is 6.07 Å². The zero-order chi connectivity index (χ0) is 17.1. The summed E-state index contributed by atoms with van der Waals surface area (Å²) in [5, 5.41) is 5.98. The first-order valence-corrected chi connectivity index (χ1v) is 8.63. The van der Waals surface area contributed by atoms with Gasteiger partial charge in [0, 0.05) is 36.8 Å². The molecule has 2 aliphatic rings. The van der Waals surface area contributed by atoms with Crippen molar-refractivity contribution in [1.29, 1.82) is 0 Å². The van der Waals surface area contributed by atoms with Gasteiger partial charge in [-0.3, -0.25) is 14.5 Å². The number of nitrogens with one attached hydrogen (secondary N) is 2. The Morgan fingerprint density at radius 3 is 2.92 bits per heavy atom. The molecule has 24 heavy (non-hydrogen) atoms. The van der Waals surface area contributed by atoms with E-state index in [2.05, 4.69) is 10.6 Å². The van der Waals surface area contributed by atoms with Crippen molar-refractivity contribution >= 4 is 23.4 Å². The fourth-order valence-corrected chi connectivity index (χ4v) is 3.11. The quantitative estimate of drug-likeness (QED) is 0.818. The fraction of sp³-hybridized carbons (Fsp3) is 0.529. The lowest BCUT2D eigenvalue weighted by Crippen LogP contribution is -2.56. The number of hydrogen-bond donors (Lipinski definition) is 2. The molecular formula is C17H21ClFN3O2. The van der Waals surface area contributed by atoms with Crippen LogP contribution in [0, 0.1) is 11.7 Å². The number of amides is 2. The third-order valence-electron chi connectivity index (χ3n) is 4.53. The van der Waals surface area contributed by atoms with Crippen molar-refractivity contribution in [3.05, 3.63) is 34.6 Å². The molecule has 0 unspecified atom stereocenters. The van der Waals surface area contributed by atoms with E-state index in [0.717, 1.165) is 12.8 Å². The maximum Gasteiger partial charge on any atom is 0.237 e. The minimum atomic E-state index is -0.603. The van der Waals surface area contributed by atoms with Gasteiger partial charge in [-0.05, 0) is 30.9 Å². The van der Waals surface area contributed by atoms with Crippen LogP contribution >= 0.6 is 11.6 Å². The standard InChI is InChI=1S/C17H21ClFN3O2/c18-13-2-1-3-14(19)12(13)10-22-7-6-20-17(24)15(22)8-16(23)21-9-11-4-5-11/h1-3,11,15H,4-10H2,(H,20,24)(H,21,23)/t15-/m1/s1. The highest BCUT2D eigenvalue weighted by Crippen LogP contribution is 2.27. The van der Waals surface area contributed by atoms with Crippen molar-refractivity contribution in [3.63, 3.8) is 0 Å². The second-order valence-electron chi connectivity index (χ2n) is 6.43. The fourth-order valence-electron chi connectivity index (χ4n) is 2.89. The highest BCUT2D eigenvalue weighted by Gasteiger charge is 2.32. The van der Waals surface area contributed by atoms with Gasteiger partial charge in [0.2, 0.25) is 11.8 Å². The van der Waals surface area contributed by atoms with Crippen molar-refractivity contribution in [1.82, 2.24) is 15.5 Å². The second kappa shape index (κ2) is 7.49. The van der Waals surface area contributed by atoms with Gasteiger partial charge in [-0.25, -0.2) is 4.39 Å². The second-order valence-corrected chi connectivity index (χ2v) is 6.84. The minimum Gasteiger partial charge on any atom is -0.356 e. The number of halogens is 2. The summed E-state index contributed by atoms with van der Waals surface area (Å²) in [7, 11) is 0. The third-order valence-corrected chi connectivity index (χ3v) is 4.88. The Morgan fingerprint density at radius 2 is 2.21 bits per heavy atom. The van der Waals surface area contributed by atoms with Gasteiger partial charge in [0.05, 0.1) is 12.5 Å². The van der Waals surface area contributed by atoms with Crippen LogP contribution < -0.4 is 10.6 Å². The zero-order valence-electron chi connectivity index (χ0n) is 13.4. The molecule has 1 aliphatic carbocycles. The molecular weight excluding hydrogens is 333 g/mol. The summed E-state index contributed by atoms with van der Waals surface area (Å²) in [4.78, 5) is 26.1. The van der Waals surface area contributed by atoms with E-state index in [4.69, 9.17) is 11.6 Å². The van der Waals surface area contributed by atoms with Crippen molar-refractivity contribution < 1.29 is 14.0 Å². The van der Waals surface area contributed by atoms with Crippen LogP contribution in [0.1, 0.15) is 24.8 Å². The Morgan fingerprint density at radius 1 is 1.42 bits per heavy atom. The molecule has 1 atom stereocenters. The van der Waals surface area contributed by atoms with E-state index >= 15 is 0 Å². The molecule has 1 aliphatic heterocycles. The van der Waals surface area contributed by atoms with Gasteiger partial charge in [0.1, 0.15) is 5.82 Å². The van der Waals surface area contributed by atoms with Gasteiger partial charge in [0.25, 0.3) is 0 Å². The lowest BCUT2D eigenvalue weighted by Gasteiger charge is -2.35. The normalized spacial score (nSPS) is 21.4. The van der Waals surface area contributed by atoms with Crippen molar-refractivity contribution in [2.24, 2.45) is 5.92 Å². The van der Waals surface area contributed by atoms with E-state index in [1.807, 2.05) is 4.90 Å². The first-order valence-electron chi connectivity index (χ1n) is 8.26. The van der Waals surface area contributed by atoms with Gasteiger partial charge in [-0.15, -0.1) is 0 Å². The third kappa shape index (κ3) is 4.24. The number of piperazine rings is 1. The van der Waals surface area contributed by atoms with Crippen molar-refractivity contribution in [2.75, 3.05) is 19.6 Å². The Bertz CT molecular complexity index is 616. The molecule has 1 aromatic carbocycles. The van der Waals surface area contributed by atoms with E-state index in [9.17, 15) is 14.0 Å². The minimum absolute atomic E-state index is 0.0740. The number of carbonyl (C=O) groups is 2. The summed E-state index contributed by atoms with van der Waals surface area (Å²) in [5.41, 5.74) is 0.359. The monoisotopic (exact) mass is 353 g/mol. The molecule has 130 valence electrons.